The molecule has 0 bridgehead atoms. The maximum atomic E-state index is 11.0. The van der Waals surface area contributed by atoms with Crippen molar-refractivity contribution in [1.82, 2.24) is 0 Å². The number of benzene rings is 1. The second kappa shape index (κ2) is 3.09. The van der Waals surface area contributed by atoms with Crippen LogP contribution in [-0.4, -0.2) is 13.5 Å². The quantitative estimate of drug-likeness (QED) is 0.352. The lowest BCUT2D eigenvalue weighted by Crippen LogP contribution is -1.93. The third-order valence-electron chi connectivity index (χ3n) is 1.29. The molecule has 4 nitrogen and oxygen atoms in total. The zero-order valence-electron chi connectivity index (χ0n) is 5.86. The number of rotatable bonds is 1. The Labute approximate surface area is 81.9 Å². The standard InChI is InChI=1S/C6H6INO3S/c7-12(10,11)5-3-1-2-4(8)6(5)9/h1-3,9H,8H2. The minimum absolute atomic E-state index is 0.0627. The van der Waals surface area contributed by atoms with Crippen LogP contribution in [0, 0.1) is 0 Å². The first-order chi connectivity index (χ1) is 5.43. The Bertz CT molecular complexity index is 401. The SMILES string of the molecule is Nc1cccc(S(=O)(=O)I)c1O. The molecular formula is C6H6INO3S. The van der Waals surface area contributed by atoms with Crippen LogP contribution in [-0.2, 0) is 7.01 Å². The van der Waals surface area contributed by atoms with Crippen molar-refractivity contribution in [1.29, 1.82) is 0 Å². The van der Waals surface area contributed by atoms with E-state index in [0.29, 0.717) is 0 Å². The molecule has 0 saturated heterocycles. The van der Waals surface area contributed by atoms with Gasteiger partial charge < -0.3 is 10.8 Å². The van der Waals surface area contributed by atoms with Gasteiger partial charge in [-0.15, -0.1) is 0 Å². The van der Waals surface area contributed by atoms with Crippen molar-refractivity contribution >= 4 is 33.9 Å². The molecule has 0 spiro atoms. The van der Waals surface area contributed by atoms with E-state index < -0.39 is 7.01 Å². The minimum Gasteiger partial charge on any atom is -0.504 e. The van der Waals surface area contributed by atoms with Gasteiger partial charge in [-0.1, -0.05) is 6.07 Å². The molecule has 0 aliphatic rings. The molecule has 1 aromatic rings. The molecule has 1 aromatic carbocycles. The number of halogens is 1. The van der Waals surface area contributed by atoms with Crippen molar-refractivity contribution in [3.63, 3.8) is 0 Å². The smallest absolute Gasteiger partial charge is 0.234 e. The summed E-state index contributed by atoms with van der Waals surface area (Å²) in [7, 11) is -3.42. The molecule has 0 atom stereocenters. The van der Waals surface area contributed by atoms with Crippen LogP contribution in [0.5, 0.6) is 5.75 Å². The Morgan fingerprint density at radius 3 is 2.42 bits per heavy atom. The fourth-order valence-electron chi connectivity index (χ4n) is 0.736. The normalized spacial score (nSPS) is 11.4. The molecule has 0 aliphatic carbocycles. The Kier molecular flexibility index (Phi) is 2.47. The number of aromatic hydroxyl groups is 1. The largest absolute Gasteiger partial charge is 0.504 e. The first kappa shape index (κ1) is 9.59. The van der Waals surface area contributed by atoms with Crippen LogP contribution in [0.15, 0.2) is 23.1 Å². The van der Waals surface area contributed by atoms with E-state index in [1.807, 2.05) is 0 Å². The van der Waals surface area contributed by atoms with Gasteiger partial charge in [-0.25, -0.2) is 8.42 Å². The van der Waals surface area contributed by atoms with E-state index in [0.717, 1.165) is 0 Å². The summed E-state index contributed by atoms with van der Waals surface area (Å²) in [5, 5.41) is 9.22. The third kappa shape index (κ3) is 1.81. The van der Waals surface area contributed by atoms with E-state index >= 15 is 0 Å². The van der Waals surface area contributed by atoms with Gasteiger partial charge in [-0.05, 0) is 12.1 Å². The zero-order valence-corrected chi connectivity index (χ0v) is 8.83. The van der Waals surface area contributed by atoms with E-state index in [-0.39, 0.29) is 16.3 Å². The Morgan fingerprint density at radius 1 is 1.42 bits per heavy atom. The highest BCUT2D eigenvalue weighted by atomic mass is 127. The summed E-state index contributed by atoms with van der Waals surface area (Å²) in [4.78, 5) is -0.150. The molecular weight excluding hydrogens is 293 g/mol. The van der Waals surface area contributed by atoms with Gasteiger partial charge in [0, 0.05) is 0 Å². The molecule has 12 heavy (non-hydrogen) atoms. The maximum Gasteiger partial charge on any atom is 0.234 e. The predicted molar refractivity (Wildman–Crippen MR) is 53.7 cm³/mol. The van der Waals surface area contributed by atoms with Gasteiger partial charge in [0.2, 0.25) is 7.01 Å². The van der Waals surface area contributed by atoms with Crippen molar-refractivity contribution in [2.24, 2.45) is 0 Å². The van der Waals surface area contributed by atoms with Crippen molar-refractivity contribution in [2.45, 2.75) is 4.90 Å². The highest BCUT2D eigenvalue weighted by Gasteiger charge is 2.15. The van der Waals surface area contributed by atoms with Crippen molar-refractivity contribution < 1.29 is 13.5 Å². The molecule has 0 unspecified atom stereocenters. The van der Waals surface area contributed by atoms with E-state index in [4.69, 9.17) is 5.73 Å². The summed E-state index contributed by atoms with van der Waals surface area (Å²) in [5.74, 6) is -0.382. The first-order valence-electron chi connectivity index (χ1n) is 2.95. The number of anilines is 1. The van der Waals surface area contributed by atoms with Crippen LogP contribution in [0.1, 0.15) is 0 Å². The van der Waals surface area contributed by atoms with Gasteiger partial charge in [0.25, 0.3) is 0 Å². The van der Waals surface area contributed by atoms with Crippen LogP contribution >= 0.6 is 21.2 Å². The molecule has 0 radical (unpaired) electrons. The molecule has 0 fully saturated rings. The van der Waals surface area contributed by atoms with Crippen molar-refractivity contribution in [3.05, 3.63) is 18.2 Å². The Morgan fingerprint density at radius 2 is 2.00 bits per heavy atom. The Balaban J connectivity index is 3.47. The van der Waals surface area contributed by atoms with Gasteiger partial charge in [0.05, 0.1) is 26.9 Å². The lowest BCUT2D eigenvalue weighted by atomic mass is 10.3. The molecule has 0 aliphatic heterocycles. The number of hydrogen-bond donors (Lipinski definition) is 2. The molecule has 0 amide bonds. The second-order valence-corrected chi connectivity index (χ2v) is 6.93. The van der Waals surface area contributed by atoms with E-state index in [1.54, 1.807) is 0 Å². The molecule has 0 saturated carbocycles. The number of nitrogens with two attached hydrogens (primary N) is 1. The fourth-order valence-corrected chi connectivity index (χ4v) is 2.39. The highest BCUT2D eigenvalue weighted by Crippen LogP contribution is 2.31. The fraction of sp³-hybridized carbons (Fsp3) is 0. The van der Waals surface area contributed by atoms with Crippen LogP contribution in [0.4, 0.5) is 5.69 Å². The second-order valence-electron chi connectivity index (χ2n) is 2.13. The van der Waals surface area contributed by atoms with Crippen LogP contribution in [0.3, 0.4) is 0 Å². The summed E-state index contributed by atoms with van der Waals surface area (Å²) >= 11 is 1.24. The molecule has 3 N–H and O–H groups in total. The number of hydrogen-bond acceptors (Lipinski definition) is 4. The number of nitrogen functional groups attached to an aromatic ring is 1. The van der Waals surface area contributed by atoms with E-state index in [9.17, 15) is 13.5 Å². The molecule has 66 valence electrons. The first-order valence-corrected chi connectivity index (χ1v) is 6.97. The van der Waals surface area contributed by atoms with Crippen LogP contribution in [0.25, 0.3) is 0 Å². The average molecular weight is 299 g/mol. The van der Waals surface area contributed by atoms with Crippen LogP contribution < -0.4 is 5.73 Å². The summed E-state index contributed by atoms with van der Waals surface area (Å²) in [6.45, 7) is 0. The summed E-state index contributed by atoms with van der Waals surface area (Å²) in [5.41, 5.74) is 5.36. The third-order valence-corrected chi connectivity index (χ3v) is 3.57. The monoisotopic (exact) mass is 299 g/mol. The van der Waals surface area contributed by atoms with Gasteiger partial charge in [0.1, 0.15) is 4.90 Å². The van der Waals surface area contributed by atoms with E-state index in [2.05, 4.69) is 0 Å². The lowest BCUT2D eigenvalue weighted by Gasteiger charge is -2.02. The minimum atomic E-state index is -3.42. The van der Waals surface area contributed by atoms with Crippen LogP contribution in [0.2, 0.25) is 0 Å². The van der Waals surface area contributed by atoms with E-state index in [1.165, 1.54) is 39.4 Å². The Hall–Kier alpha value is -0.500. The molecule has 1 rings (SSSR count). The average Bonchev–Trinajstić information content (AvgIpc) is 1.92. The van der Waals surface area contributed by atoms with Gasteiger partial charge in [0.15, 0.2) is 5.75 Å². The van der Waals surface area contributed by atoms with Gasteiger partial charge >= 0.3 is 0 Å². The lowest BCUT2D eigenvalue weighted by molar-refractivity contribution is 0.462. The molecule has 0 aromatic heterocycles. The number of phenols is 1. The summed E-state index contributed by atoms with van der Waals surface area (Å²) < 4.78 is 22.0. The summed E-state index contributed by atoms with van der Waals surface area (Å²) in [6, 6.07) is 4.20. The summed E-state index contributed by atoms with van der Waals surface area (Å²) in [6.07, 6.45) is 0. The van der Waals surface area contributed by atoms with Crippen molar-refractivity contribution in [3.8, 4) is 5.75 Å². The van der Waals surface area contributed by atoms with Crippen molar-refractivity contribution in [2.75, 3.05) is 5.73 Å². The predicted octanol–water partition coefficient (Wildman–Crippen LogP) is 1.10. The number of phenolic OH excluding ortho intramolecular Hbond substituents is 1. The molecule has 0 heterocycles. The number of para-hydroxylation sites is 1. The highest BCUT2D eigenvalue weighted by molar-refractivity contribution is 14.2. The zero-order chi connectivity index (χ0) is 9.35. The van der Waals surface area contributed by atoms with Gasteiger partial charge in [-0.2, -0.15) is 0 Å². The van der Waals surface area contributed by atoms with Gasteiger partial charge in [-0.3, -0.25) is 0 Å². The maximum absolute atomic E-state index is 11.0. The topological polar surface area (TPSA) is 80.4 Å². The molecule has 6 heteroatoms.